The molecule has 136 valence electrons. The molecule has 0 aliphatic heterocycles. The molecule has 0 fully saturated rings. The van der Waals surface area contributed by atoms with Crippen molar-refractivity contribution in [3.05, 3.63) is 58.9 Å². The van der Waals surface area contributed by atoms with Crippen LogP contribution in [-0.2, 0) is 4.74 Å². The molecule has 3 aromatic rings. The van der Waals surface area contributed by atoms with Gasteiger partial charge in [-0.2, -0.15) is 0 Å². The largest absolute Gasteiger partial charge is 0.382 e. The van der Waals surface area contributed by atoms with Crippen molar-refractivity contribution in [2.75, 3.05) is 19.8 Å². The molecule has 0 saturated carbocycles. The number of carbonyl (C=O) groups excluding carboxylic acids is 1. The first-order valence-electron chi connectivity index (χ1n) is 8.69. The summed E-state index contributed by atoms with van der Waals surface area (Å²) < 4.78 is 7.23. The number of aromatic nitrogens is 2. The lowest BCUT2D eigenvalue weighted by atomic mass is 10.1. The topological polar surface area (TPSA) is 56.1 Å². The van der Waals surface area contributed by atoms with Gasteiger partial charge in [-0.25, -0.2) is 4.98 Å². The summed E-state index contributed by atoms with van der Waals surface area (Å²) in [6, 6.07) is 11.4. The van der Waals surface area contributed by atoms with Crippen molar-refractivity contribution in [1.82, 2.24) is 14.9 Å². The Labute approximate surface area is 157 Å². The molecule has 1 aromatic heterocycles. The van der Waals surface area contributed by atoms with Crippen molar-refractivity contribution >= 4 is 28.5 Å². The van der Waals surface area contributed by atoms with E-state index < -0.39 is 0 Å². The summed E-state index contributed by atoms with van der Waals surface area (Å²) in [5.74, 6) is -0.101. The average molecular weight is 372 g/mol. The molecule has 0 aliphatic rings. The van der Waals surface area contributed by atoms with Gasteiger partial charge >= 0.3 is 0 Å². The molecule has 0 spiro atoms. The predicted molar refractivity (Wildman–Crippen MR) is 104 cm³/mol. The number of imidazole rings is 1. The van der Waals surface area contributed by atoms with Crippen molar-refractivity contribution < 1.29 is 9.53 Å². The Kier molecular flexibility index (Phi) is 5.91. The van der Waals surface area contributed by atoms with Gasteiger partial charge in [-0.1, -0.05) is 17.7 Å². The van der Waals surface area contributed by atoms with Crippen LogP contribution in [0.15, 0.2) is 42.7 Å². The molecular formula is C20H22ClN3O2. The van der Waals surface area contributed by atoms with Gasteiger partial charge in [-0.15, -0.1) is 0 Å². The van der Waals surface area contributed by atoms with Crippen LogP contribution < -0.4 is 5.32 Å². The van der Waals surface area contributed by atoms with E-state index in [0.717, 1.165) is 28.7 Å². The van der Waals surface area contributed by atoms with E-state index in [2.05, 4.69) is 10.3 Å². The summed E-state index contributed by atoms with van der Waals surface area (Å²) in [6.07, 6.45) is 2.54. The highest BCUT2D eigenvalue weighted by molar-refractivity contribution is 6.31. The normalized spacial score (nSPS) is 11.0. The average Bonchev–Trinajstić information content (AvgIpc) is 3.07. The molecule has 2 aromatic carbocycles. The minimum absolute atomic E-state index is 0.101. The number of fused-ring (bicyclic) bond motifs is 1. The summed E-state index contributed by atoms with van der Waals surface area (Å²) in [4.78, 5) is 16.7. The quantitative estimate of drug-likeness (QED) is 0.635. The number of benzene rings is 2. The molecule has 0 bridgehead atoms. The molecule has 0 unspecified atom stereocenters. The summed E-state index contributed by atoms with van der Waals surface area (Å²) >= 11 is 6.23. The van der Waals surface area contributed by atoms with Crippen LogP contribution in [0.5, 0.6) is 0 Å². The minimum atomic E-state index is -0.101. The molecule has 1 amide bonds. The third-order valence-corrected chi connectivity index (χ3v) is 4.61. The summed E-state index contributed by atoms with van der Waals surface area (Å²) in [5, 5.41) is 3.62. The van der Waals surface area contributed by atoms with Crippen LogP contribution in [0.25, 0.3) is 16.7 Å². The molecular weight excluding hydrogens is 350 g/mol. The Hall–Kier alpha value is -2.37. The molecule has 5 nitrogen and oxygen atoms in total. The number of hydrogen-bond acceptors (Lipinski definition) is 3. The van der Waals surface area contributed by atoms with E-state index >= 15 is 0 Å². The number of nitrogens with one attached hydrogen (secondary N) is 1. The highest BCUT2D eigenvalue weighted by Crippen LogP contribution is 2.23. The van der Waals surface area contributed by atoms with E-state index in [1.54, 1.807) is 12.4 Å². The highest BCUT2D eigenvalue weighted by atomic mass is 35.5. The number of nitrogens with zero attached hydrogens (tertiary/aromatic N) is 2. The molecule has 1 N–H and O–H groups in total. The fourth-order valence-corrected chi connectivity index (χ4v) is 2.89. The Balaban J connectivity index is 1.76. The van der Waals surface area contributed by atoms with Crippen LogP contribution in [0.1, 0.15) is 29.3 Å². The molecule has 1 heterocycles. The first-order valence-corrected chi connectivity index (χ1v) is 9.07. The molecule has 26 heavy (non-hydrogen) atoms. The van der Waals surface area contributed by atoms with E-state index in [1.165, 1.54) is 0 Å². The molecule has 3 rings (SSSR count). The zero-order chi connectivity index (χ0) is 18.5. The predicted octanol–water partition coefficient (Wildman–Crippen LogP) is 4.14. The van der Waals surface area contributed by atoms with Gasteiger partial charge < -0.3 is 10.1 Å². The van der Waals surface area contributed by atoms with Gasteiger partial charge in [0.1, 0.15) is 6.33 Å². The van der Waals surface area contributed by atoms with E-state index in [0.29, 0.717) is 30.3 Å². The van der Waals surface area contributed by atoms with Crippen molar-refractivity contribution in [3.63, 3.8) is 0 Å². The summed E-state index contributed by atoms with van der Waals surface area (Å²) in [6.45, 7) is 5.86. The smallest absolute Gasteiger partial charge is 0.251 e. The van der Waals surface area contributed by atoms with Crippen molar-refractivity contribution in [1.29, 1.82) is 0 Å². The third kappa shape index (κ3) is 4.06. The fraction of sp³-hybridized carbons (Fsp3) is 0.300. The van der Waals surface area contributed by atoms with Gasteiger partial charge in [0.05, 0.1) is 11.0 Å². The highest BCUT2D eigenvalue weighted by Gasteiger charge is 2.10. The zero-order valence-electron chi connectivity index (χ0n) is 15.0. The van der Waals surface area contributed by atoms with Gasteiger partial charge in [-0.05, 0) is 56.2 Å². The van der Waals surface area contributed by atoms with Crippen LogP contribution in [-0.4, -0.2) is 35.2 Å². The van der Waals surface area contributed by atoms with Crippen LogP contribution >= 0.6 is 11.6 Å². The monoisotopic (exact) mass is 371 g/mol. The minimum Gasteiger partial charge on any atom is -0.382 e. The first-order chi connectivity index (χ1) is 12.6. The summed E-state index contributed by atoms with van der Waals surface area (Å²) in [7, 11) is 0. The molecule has 0 saturated heterocycles. The van der Waals surface area contributed by atoms with Gasteiger partial charge in [0.15, 0.2) is 0 Å². The molecule has 0 aliphatic carbocycles. The fourth-order valence-electron chi connectivity index (χ4n) is 2.71. The number of halogens is 1. The molecule has 6 heteroatoms. The van der Waals surface area contributed by atoms with E-state index in [4.69, 9.17) is 16.3 Å². The van der Waals surface area contributed by atoms with Crippen molar-refractivity contribution in [2.24, 2.45) is 0 Å². The first kappa shape index (κ1) is 18.4. The lowest BCUT2D eigenvalue weighted by molar-refractivity contribution is 0.0944. The lowest BCUT2D eigenvalue weighted by Crippen LogP contribution is -2.25. The number of hydrogen-bond donors (Lipinski definition) is 1. The van der Waals surface area contributed by atoms with Gasteiger partial charge in [0.25, 0.3) is 5.91 Å². The van der Waals surface area contributed by atoms with Gasteiger partial charge in [-0.3, -0.25) is 9.36 Å². The van der Waals surface area contributed by atoms with E-state index in [1.807, 2.05) is 48.7 Å². The Morgan fingerprint density at radius 1 is 1.27 bits per heavy atom. The Morgan fingerprint density at radius 3 is 2.88 bits per heavy atom. The Morgan fingerprint density at radius 2 is 2.12 bits per heavy atom. The number of amides is 1. The second-order valence-electron chi connectivity index (χ2n) is 6.06. The molecule has 0 radical (unpaired) electrons. The maximum Gasteiger partial charge on any atom is 0.251 e. The number of rotatable bonds is 7. The van der Waals surface area contributed by atoms with E-state index in [-0.39, 0.29) is 5.91 Å². The second kappa shape index (κ2) is 8.34. The maximum absolute atomic E-state index is 12.3. The van der Waals surface area contributed by atoms with E-state index in [9.17, 15) is 4.79 Å². The number of aryl methyl sites for hydroxylation is 1. The lowest BCUT2D eigenvalue weighted by Gasteiger charge is -2.08. The zero-order valence-corrected chi connectivity index (χ0v) is 15.7. The molecule has 0 atom stereocenters. The van der Waals surface area contributed by atoms with Gasteiger partial charge in [0, 0.05) is 36.0 Å². The Bertz CT molecular complexity index is 921. The third-order valence-electron chi connectivity index (χ3n) is 4.20. The van der Waals surface area contributed by atoms with Crippen LogP contribution in [0.2, 0.25) is 5.02 Å². The number of ether oxygens (including phenoxy) is 1. The SMILES string of the molecule is CCOCCCNC(=O)c1ccc2c(c1)ncn2-c1ccc(C)c(Cl)c1. The van der Waals surface area contributed by atoms with Crippen LogP contribution in [0.3, 0.4) is 0 Å². The maximum atomic E-state index is 12.3. The summed E-state index contributed by atoms with van der Waals surface area (Å²) in [5.41, 5.74) is 4.27. The number of carbonyl (C=O) groups is 1. The van der Waals surface area contributed by atoms with Gasteiger partial charge in [0.2, 0.25) is 0 Å². The standard InChI is InChI=1S/C20H22ClN3O2/c1-3-26-10-4-9-22-20(25)15-6-8-19-18(11-15)23-13-24(19)16-7-5-14(2)17(21)12-16/h5-8,11-13H,3-4,9-10H2,1-2H3,(H,22,25). The van der Waals surface area contributed by atoms with Crippen LogP contribution in [0, 0.1) is 6.92 Å². The van der Waals surface area contributed by atoms with Crippen molar-refractivity contribution in [2.45, 2.75) is 20.3 Å². The van der Waals surface area contributed by atoms with Crippen LogP contribution in [0.4, 0.5) is 0 Å². The van der Waals surface area contributed by atoms with Crippen molar-refractivity contribution in [3.8, 4) is 5.69 Å². The second-order valence-corrected chi connectivity index (χ2v) is 6.47.